The fraction of sp³-hybridized carbons (Fsp3) is 0.161. The molecule has 0 fully saturated rings. The Morgan fingerprint density at radius 2 is 1.19 bits per heavy atom. The average molecular weight is 495 g/mol. The standard InChI is InChI=1S/C31H30N2O2S/c1-24-13-16-30(17-14-24)36(34,35)33-29(20-28-19-25(2)15-18-31(28)33)23-32(21-26-9-5-3-6-10-26)22-27-11-7-4-8-12-27/h3-20H,21-23H2,1-2H3. The molecular weight excluding hydrogens is 464 g/mol. The van der Waals surface area contributed by atoms with Crippen LogP contribution >= 0.6 is 0 Å². The minimum absolute atomic E-state index is 0.296. The number of aromatic nitrogens is 1. The fourth-order valence-electron chi connectivity index (χ4n) is 4.66. The van der Waals surface area contributed by atoms with Crippen LogP contribution in [-0.4, -0.2) is 17.3 Å². The molecule has 0 aliphatic heterocycles. The van der Waals surface area contributed by atoms with Crippen molar-refractivity contribution >= 4 is 20.9 Å². The lowest BCUT2D eigenvalue weighted by molar-refractivity contribution is 0.244. The summed E-state index contributed by atoms with van der Waals surface area (Å²) in [6, 6.07) is 35.7. The third kappa shape index (κ3) is 5.13. The van der Waals surface area contributed by atoms with E-state index in [-0.39, 0.29) is 0 Å². The summed E-state index contributed by atoms with van der Waals surface area (Å²) in [7, 11) is -3.78. The SMILES string of the molecule is Cc1ccc(S(=O)(=O)n2c(CN(Cc3ccccc3)Cc3ccccc3)cc3cc(C)ccc32)cc1. The van der Waals surface area contributed by atoms with Crippen LogP contribution in [0.1, 0.15) is 27.9 Å². The lowest BCUT2D eigenvalue weighted by atomic mass is 10.1. The summed E-state index contributed by atoms with van der Waals surface area (Å²) < 4.78 is 29.5. The summed E-state index contributed by atoms with van der Waals surface area (Å²) in [4.78, 5) is 2.59. The van der Waals surface area contributed by atoms with Crippen molar-refractivity contribution in [3.05, 3.63) is 137 Å². The van der Waals surface area contributed by atoms with E-state index in [1.54, 1.807) is 12.1 Å². The largest absolute Gasteiger partial charge is 0.289 e. The Kier molecular flexibility index (Phi) is 6.77. The van der Waals surface area contributed by atoms with E-state index in [1.807, 2.05) is 80.6 Å². The van der Waals surface area contributed by atoms with Gasteiger partial charge >= 0.3 is 0 Å². The van der Waals surface area contributed by atoms with Crippen molar-refractivity contribution in [2.24, 2.45) is 0 Å². The Bertz CT molecular complexity index is 1530. The normalized spacial score (nSPS) is 11.9. The first-order valence-electron chi connectivity index (χ1n) is 12.1. The molecule has 0 amide bonds. The van der Waals surface area contributed by atoms with Gasteiger partial charge in [0.05, 0.1) is 10.4 Å². The van der Waals surface area contributed by atoms with Gasteiger partial charge in [0.2, 0.25) is 0 Å². The molecular formula is C31H30N2O2S. The molecule has 4 aromatic carbocycles. The minimum atomic E-state index is -3.78. The van der Waals surface area contributed by atoms with E-state index in [0.29, 0.717) is 30.0 Å². The molecule has 0 N–H and O–H groups in total. The van der Waals surface area contributed by atoms with E-state index in [9.17, 15) is 8.42 Å². The van der Waals surface area contributed by atoms with Crippen molar-refractivity contribution in [1.82, 2.24) is 8.87 Å². The van der Waals surface area contributed by atoms with Gasteiger partial charge in [0.1, 0.15) is 0 Å². The van der Waals surface area contributed by atoms with Gasteiger partial charge in [0, 0.05) is 30.7 Å². The molecule has 182 valence electrons. The molecule has 0 bridgehead atoms. The molecule has 5 heteroatoms. The topological polar surface area (TPSA) is 42.3 Å². The predicted octanol–water partition coefficient (Wildman–Crippen LogP) is 6.70. The first-order valence-corrected chi connectivity index (χ1v) is 13.6. The van der Waals surface area contributed by atoms with Crippen LogP contribution in [-0.2, 0) is 29.7 Å². The van der Waals surface area contributed by atoms with Gasteiger partial charge in [-0.25, -0.2) is 12.4 Å². The first-order chi connectivity index (χ1) is 17.4. The highest BCUT2D eigenvalue weighted by molar-refractivity contribution is 7.90. The molecule has 0 aliphatic rings. The third-order valence-corrected chi connectivity index (χ3v) is 8.21. The molecule has 0 spiro atoms. The molecule has 1 aromatic heterocycles. The van der Waals surface area contributed by atoms with Crippen molar-refractivity contribution in [3.8, 4) is 0 Å². The molecule has 0 unspecified atom stereocenters. The molecule has 5 aromatic rings. The Labute approximate surface area is 213 Å². The highest BCUT2D eigenvalue weighted by Crippen LogP contribution is 2.28. The van der Waals surface area contributed by atoms with Crippen LogP contribution in [0.25, 0.3) is 10.9 Å². The molecule has 4 nitrogen and oxygen atoms in total. The fourth-order valence-corrected chi connectivity index (χ4v) is 6.19. The number of benzene rings is 4. The number of hydrogen-bond donors (Lipinski definition) is 0. The van der Waals surface area contributed by atoms with Gasteiger partial charge in [0.15, 0.2) is 0 Å². The van der Waals surface area contributed by atoms with Crippen LogP contribution in [0.5, 0.6) is 0 Å². The lowest BCUT2D eigenvalue weighted by Crippen LogP contribution is -2.25. The summed E-state index contributed by atoms with van der Waals surface area (Å²) in [5.41, 5.74) is 5.96. The quantitative estimate of drug-likeness (QED) is 0.241. The predicted molar refractivity (Wildman–Crippen MR) is 146 cm³/mol. The van der Waals surface area contributed by atoms with Crippen LogP contribution < -0.4 is 0 Å². The Morgan fingerprint density at radius 1 is 0.639 bits per heavy atom. The van der Waals surface area contributed by atoms with Gasteiger partial charge in [0.25, 0.3) is 10.0 Å². The van der Waals surface area contributed by atoms with E-state index in [0.717, 1.165) is 22.2 Å². The maximum atomic E-state index is 14.0. The van der Waals surface area contributed by atoms with Crippen LogP contribution in [0.4, 0.5) is 0 Å². The number of hydrogen-bond acceptors (Lipinski definition) is 3. The summed E-state index contributed by atoms with van der Waals surface area (Å²) in [6.45, 7) is 5.90. The van der Waals surface area contributed by atoms with Crippen LogP contribution in [0, 0.1) is 13.8 Å². The van der Waals surface area contributed by atoms with Gasteiger partial charge < -0.3 is 0 Å². The average Bonchev–Trinajstić information content (AvgIpc) is 3.23. The van der Waals surface area contributed by atoms with Gasteiger partial charge in [-0.15, -0.1) is 0 Å². The second kappa shape index (κ2) is 10.1. The maximum Gasteiger partial charge on any atom is 0.268 e. The molecule has 0 saturated carbocycles. The van der Waals surface area contributed by atoms with Crippen molar-refractivity contribution < 1.29 is 8.42 Å². The maximum absolute atomic E-state index is 14.0. The van der Waals surface area contributed by atoms with Gasteiger partial charge in [-0.1, -0.05) is 90.0 Å². The van der Waals surface area contributed by atoms with Gasteiger partial charge in [-0.3, -0.25) is 4.90 Å². The Morgan fingerprint density at radius 3 is 1.78 bits per heavy atom. The molecule has 1 heterocycles. The zero-order chi connectivity index (χ0) is 25.1. The van der Waals surface area contributed by atoms with E-state index in [1.165, 1.54) is 15.1 Å². The third-order valence-electron chi connectivity index (χ3n) is 6.43. The second-order valence-corrected chi connectivity index (χ2v) is 11.2. The Hall–Kier alpha value is -3.67. The monoisotopic (exact) mass is 494 g/mol. The minimum Gasteiger partial charge on any atom is -0.289 e. The number of fused-ring (bicyclic) bond motifs is 1. The summed E-state index contributed by atoms with van der Waals surface area (Å²) in [6.07, 6.45) is 0. The molecule has 0 aliphatic carbocycles. The number of rotatable bonds is 8. The second-order valence-electron chi connectivity index (χ2n) is 9.40. The molecule has 0 atom stereocenters. The zero-order valence-corrected chi connectivity index (χ0v) is 21.4. The summed E-state index contributed by atoms with van der Waals surface area (Å²) in [5, 5.41) is 0.931. The van der Waals surface area contributed by atoms with Crippen LogP contribution in [0.3, 0.4) is 0 Å². The molecule has 36 heavy (non-hydrogen) atoms. The zero-order valence-electron chi connectivity index (χ0n) is 20.6. The van der Waals surface area contributed by atoms with Crippen molar-refractivity contribution in [1.29, 1.82) is 0 Å². The number of aryl methyl sites for hydroxylation is 2. The van der Waals surface area contributed by atoms with Crippen molar-refractivity contribution in [2.45, 2.75) is 38.4 Å². The van der Waals surface area contributed by atoms with E-state index < -0.39 is 10.0 Å². The Balaban J connectivity index is 1.60. The van der Waals surface area contributed by atoms with E-state index in [4.69, 9.17) is 0 Å². The van der Waals surface area contributed by atoms with Gasteiger partial charge in [-0.2, -0.15) is 0 Å². The van der Waals surface area contributed by atoms with Crippen LogP contribution in [0.15, 0.2) is 114 Å². The summed E-state index contributed by atoms with van der Waals surface area (Å²) in [5.74, 6) is 0. The van der Waals surface area contributed by atoms with E-state index in [2.05, 4.69) is 35.2 Å². The first kappa shape index (κ1) is 24.0. The van der Waals surface area contributed by atoms with E-state index >= 15 is 0 Å². The highest BCUT2D eigenvalue weighted by atomic mass is 32.2. The van der Waals surface area contributed by atoms with Crippen molar-refractivity contribution in [3.63, 3.8) is 0 Å². The molecule has 0 radical (unpaired) electrons. The smallest absolute Gasteiger partial charge is 0.268 e. The lowest BCUT2D eigenvalue weighted by Gasteiger charge is -2.24. The molecule has 0 saturated heterocycles. The van der Waals surface area contributed by atoms with Gasteiger partial charge in [-0.05, 0) is 55.3 Å². The molecule has 5 rings (SSSR count). The summed E-state index contributed by atoms with van der Waals surface area (Å²) >= 11 is 0. The van der Waals surface area contributed by atoms with Crippen molar-refractivity contribution in [2.75, 3.05) is 0 Å². The number of nitrogens with zero attached hydrogens (tertiary/aromatic N) is 2. The van der Waals surface area contributed by atoms with Crippen LogP contribution in [0.2, 0.25) is 0 Å². The highest BCUT2D eigenvalue weighted by Gasteiger charge is 2.24.